The van der Waals surface area contributed by atoms with Crippen LogP contribution in [0.5, 0.6) is 0 Å². The molecule has 1 N–H and O–H groups in total. The van der Waals surface area contributed by atoms with Gasteiger partial charge >= 0.3 is 0 Å². The van der Waals surface area contributed by atoms with Crippen LogP contribution < -0.4 is 10.2 Å². The molecule has 0 bridgehead atoms. The molecule has 1 atom stereocenters. The molecule has 1 saturated heterocycles. The van der Waals surface area contributed by atoms with Crippen LogP contribution in [-0.4, -0.2) is 39.4 Å². The second-order valence-electron chi connectivity index (χ2n) is 5.82. The van der Waals surface area contributed by atoms with Gasteiger partial charge in [-0.15, -0.1) is 5.10 Å². The predicted molar refractivity (Wildman–Crippen MR) is 81.6 cm³/mol. The Balaban J connectivity index is 1.54. The van der Waals surface area contributed by atoms with Crippen molar-refractivity contribution in [1.82, 2.24) is 19.7 Å². The first-order valence-electron chi connectivity index (χ1n) is 7.74. The molecule has 2 aromatic heterocycles. The van der Waals surface area contributed by atoms with E-state index in [0.29, 0.717) is 5.92 Å². The van der Waals surface area contributed by atoms with Crippen LogP contribution >= 0.6 is 0 Å². The molecule has 1 fully saturated rings. The second-order valence-corrected chi connectivity index (χ2v) is 5.82. The molecular formula is C15H20N6. The summed E-state index contributed by atoms with van der Waals surface area (Å²) >= 11 is 0. The van der Waals surface area contributed by atoms with Crippen LogP contribution in [0.3, 0.4) is 0 Å². The molecule has 0 radical (unpaired) electrons. The van der Waals surface area contributed by atoms with Crippen molar-refractivity contribution in [1.29, 1.82) is 0 Å². The van der Waals surface area contributed by atoms with Crippen LogP contribution in [0.25, 0.3) is 0 Å². The third-order valence-corrected chi connectivity index (χ3v) is 4.38. The van der Waals surface area contributed by atoms with Gasteiger partial charge in [-0.2, -0.15) is 4.98 Å². The summed E-state index contributed by atoms with van der Waals surface area (Å²) in [5.74, 6) is 2.21. The molecular weight excluding hydrogens is 264 g/mol. The summed E-state index contributed by atoms with van der Waals surface area (Å²) in [4.78, 5) is 11.0. The lowest BCUT2D eigenvalue weighted by molar-refractivity contribution is 0.499. The number of nitrogens with one attached hydrogen (secondary N) is 1. The monoisotopic (exact) mass is 284 g/mol. The number of piperidine rings is 1. The highest BCUT2D eigenvalue weighted by Crippen LogP contribution is 2.26. The van der Waals surface area contributed by atoms with Crippen molar-refractivity contribution in [3.8, 4) is 0 Å². The molecule has 4 heterocycles. The molecule has 0 saturated carbocycles. The van der Waals surface area contributed by atoms with Crippen molar-refractivity contribution in [2.45, 2.75) is 31.7 Å². The van der Waals surface area contributed by atoms with Crippen LogP contribution in [0.4, 0.5) is 11.9 Å². The van der Waals surface area contributed by atoms with E-state index in [-0.39, 0.29) is 0 Å². The van der Waals surface area contributed by atoms with Gasteiger partial charge in [0, 0.05) is 37.9 Å². The maximum Gasteiger partial charge on any atom is 0.246 e. The van der Waals surface area contributed by atoms with Gasteiger partial charge in [-0.25, -0.2) is 4.68 Å². The lowest BCUT2D eigenvalue weighted by Gasteiger charge is -2.25. The normalized spacial score (nSPS) is 21.7. The average molecular weight is 284 g/mol. The molecule has 0 aliphatic carbocycles. The fourth-order valence-electron chi connectivity index (χ4n) is 3.16. The van der Waals surface area contributed by atoms with Gasteiger partial charge in [0.2, 0.25) is 11.9 Å². The van der Waals surface area contributed by atoms with E-state index in [1.54, 1.807) is 0 Å². The smallest absolute Gasteiger partial charge is 0.246 e. The summed E-state index contributed by atoms with van der Waals surface area (Å²) in [6, 6.07) is 4.17. The van der Waals surface area contributed by atoms with E-state index in [4.69, 9.17) is 5.10 Å². The van der Waals surface area contributed by atoms with Crippen molar-refractivity contribution < 1.29 is 0 Å². The zero-order chi connectivity index (χ0) is 14.1. The van der Waals surface area contributed by atoms with Crippen molar-refractivity contribution >= 4 is 11.9 Å². The largest absolute Gasteiger partial charge is 0.354 e. The highest BCUT2D eigenvalue weighted by Gasteiger charge is 2.24. The molecule has 2 aliphatic rings. The van der Waals surface area contributed by atoms with Gasteiger partial charge in [0.15, 0.2) is 0 Å². The lowest BCUT2D eigenvalue weighted by Crippen LogP contribution is -2.30. The van der Waals surface area contributed by atoms with E-state index >= 15 is 0 Å². The molecule has 4 rings (SSSR count). The van der Waals surface area contributed by atoms with Crippen molar-refractivity contribution in [2.75, 3.05) is 29.9 Å². The van der Waals surface area contributed by atoms with Gasteiger partial charge in [0.25, 0.3) is 0 Å². The molecule has 1 unspecified atom stereocenters. The quantitative estimate of drug-likeness (QED) is 0.912. The summed E-state index contributed by atoms with van der Waals surface area (Å²) < 4.78 is 2.01. The first-order valence-corrected chi connectivity index (χ1v) is 7.74. The first-order chi connectivity index (χ1) is 10.4. The van der Waals surface area contributed by atoms with Gasteiger partial charge < -0.3 is 10.2 Å². The number of fused-ring (bicyclic) bond motifs is 1. The number of hydrogen-bond acceptors (Lipinski definition) is 5. The zero-order valence-corrected chi connectivity index (χ0v) is 12.1. The van der Waals surface area contributed by atoms with E-state index < -0.39 is 0 Å². The van der Waals surface area contributed by atoms with E-state index in [1.807, 2.05) is 17.1 Å². The third kappa shape index (κ3) is 2.46. The molecule has 0 amide bonds. The minimum absolute atomic E-state index is 0.427. The zero-order valence-electron chi connectivity index (χ0n) is 12.1. The van der Waals surface area contributed by atoms with Crippen LogP contribution in [-0.2, 0) is 6.54 Å². The number of hydrogen-bond donors (Lipinski definition) is 1. The van der Waals surface area contributed by atoms with Crippen molar-refractivity contribution in [3.63, 3.8) is 0 Å². The van der Waals surface area contributed by atoms with Crippen LogP contribution in [0.1, 0.15) is 30.7 Å². The minimum atomic E-state index is 0.427. The lowest BCUT2D eigenvalue weighted by atomic mass is 9.99. The van der Waals surface area contributed by atoms with E-state index in [9.17, 15) is 0 Å². The summed E-state index contributed by atoms with van der Waals surface area (Å²) in [6.07, 6.45) is 7.52. The van der Waals surface area contributed by atoms with Crippen LogP contribution in [0.2, 0.25) is 0 Å². The van der Waals surface area contributed by atoms with E-state index in [1.165, 1.54) is 24.8 Å². The Morgan fingerprint density at radius 1 is 1.10 bits per heavy atom. The number of anilines is 2. The van der Waals surface area contributed by atoms with Crippen LogP contribution in [0, 0.1) is 0 Å². The number of aromatic nitrogens is 4. The predicted octanol–water partition coefficient (Wildman–Crippen LogP) is 1.87. The topological polar surface area (TPSA) is 58.9 Å². The SMILES string of the molecule is c1cc(C2CNc3nc(N4CCCCC4)nn3C2)ccn1. The Hall–Kier alpha value is -2.11. The van der Waals surface area contributed by atoms with Gasteiger partial charge in [-0.05, 0) is 37.0 Å². The Labute approximate surface area is 124 Å². The molecule has 0 aromatic carbocycles. The fourth-order valence-corrected chi connectivity index (χ4v) is 3.16. The van der Waals surface area contributed by atoms with Gasteiger partial charge in [0.05, 0.1) is 6.54 Å². The molecule has 2 aromatic rings. The van der Waals surface area contributed by atoms with E-state index in [0.717, 1.165) is 38.1 Å². The highest BCUT2D eigenvalue weighted by atomic mass is 15.5. The summed E-state index contributed by atoms with van der Waals surface area (Å²) in [5, 5.41) is 8.12. The number of rotatable bonds is 2. The molecule has 6 nitrogen and oxygen atoms in total. The molecule has 0 spiro atoms. The summed E-state index contributed by atoms with van der Waals surface area (Å²) in [6.45, 7) is 3.95. The van der Waals surface area contributed by atoms with Gasteiger partial charge in [-0.3, -0.25) is 4.98 Å². The standard InChI is InChI=1S/C15H20N6/c1-2-8-20(9-3-1)15-18-14-17-10-13(11-21(14)19-15)12-4-6-16-7-5-12/h4-7,13H,1-3,8-11H2,(H,17,18,19). The molecule has 21 heavy (non-hydrogen) atoms. The summed E-state index contributed by atoms with van der Waals surface area (Å²) in [5.41, 5.74) is 1.30. The number of nitrogens with zero attached hydrogens (tertiary/aromatic N) is 5. The summed E-state index contributed by atoms with van der Waals surface area (Å²) in [7, 11) is 0. The van der Waals surface area contributed by atoms with Gasteiger partial charge in [0.1, 0.15) is 0 Å². The Morgan fingerprint density at radius 2 is 1.90 bits per heavy atom. The van der Waals surface area contributed by atoms with Crippen molar-refractivity contribution in [3.05, 3.63) is 30.1 Å². The molecule has 6 heteroatoms. The molecule has 2 aliphatic heterocycles. The van der Waals surface area contributed by atoms with Gasteiger partial charge in [-0.1, -0.05) is 0 Å². The van der Waals surface area contributed by atoms with Crippen LogP contribution in [0.15, 0.2) is 24.5 Å². The Kier molecular flexibility index (Phi) is 3.21. The molecule has 110 valence electrons. The highest BCUT2D eigenvalue weighted by molar-refractivity contribution is 5.40. The first kappa shape index (κ1) is 12.6. The fraction of sp³-hybridized carbons (Fsp3) is 0.533. The Morgan fingerprint density at radius 3 is 2.71 bits per heavy atom. The van der Waals surface area contributed by atoms with E-state index in [2.05, 4.69) is 32.3 Å². The maximum absolute atomic E-state index is 4.70. The average Bonchev–Trinajstić information content (AvgIpc) is 2.99. The maximum atomic E-state index is 4.70. The second kappa shape index (κ2) is 5.35. The number of pyridine rings is 1. The van der Waals surface area contributed by atoms with Crippen molar-refractivity contribution in [2.24, 2.45) is 0 Å². The third-order valence-electron chi connectivity index (χ3n) is 4.38. The minimum Gasteiger partial charge on any atom is -0.354 e. The Bertz CT molecular complexity index is 602.